The van der Waals surface area contributed by atoms with Gasteiger partial charge in [0.25, 0.3) is 0 Å². The van der Waals surface area contributed by atoms with Gasteiger partial charge in [0.2, 0.25) is 0 Å². The van der Waals surface area contributed by atoms with Gasteiger partial charge in [-0.2, -0.15) is 11.8 Å². The minimum Gasteiger partial charge on any atom is -0.355 e. The number of piperazine rings is 3. The molecule has 0 amide bonds. The fourth-order valence-corrected chi connectivity index (χ4v) is 2.94. The van der Waals surface area contributed by atoms with Gasteiger partial charge in [0.1, 0.15) is 0 Å². The summed E-state index contributed by atoms with van der Waals surface area (Å²) in [7, 11) is 1.85. The molecule has 2 bridgehead atoms. The van der Waals surface area contributed by atoms with Crippen LogP contribution in [-0.4, -0.2) is 85.7 Å². The maximum atomic E-state index is 4.32. The Labute approximate surface area is 127 Å². The summed E-state index contributed by atoms with van der Waals surface area (Å²) in [6.45, 7) is 12.5. The summed E-state index contributed by atoms with van der Waals surface area (Å²) in [6.07, 6.45) is 2.15. The molecule has 0 aromatic carbocycles. The first-order chi connectivity index (χ1) is 9.54. The zero-order valence-electron chi connectivity index (χ0n) is 13.3. The highest BCUT2D eigenvalue weighted by molar-refractivity contribution is 7.99. The van der Waals surface area contributed by atoms with Gasteiger partial charge in [-0.15, -0.1) is 0 Å². The van der Waals surface area contributed by atoms with Crippen LogP contribution in [-0.2, 0) is 0 Å². The Morgan fingerprint density at radius 2 is 1.95 bits per heavy atom. The summed E-state index contributed by atoms with van der Waals surface area (Å²) in [5, 5.41) is 6.91. The number of nitrogens with zero attached hydrogens (tertiary/aromatic N) is 3. The van der Waals surface area contributed by atoms with Crippen LogP contribution in [0.25, 0.3) is 0 Å². The van der Waals surface area contributed by atoms with Crippen LogP contribution in [0.3, 0.4) is 0 Å². The van der Waals surface area contributed by atoms with Crippen molar-refractivity contribution in [3.05, 3.63) is 0 Å². The second-order valence-electron chi connectivity index (χ2n) is 6.26. The number of rotatable bonds is 5. The first-order valence-corrected chi connectivity index (χ1v) is 8.72. The molecule has 3 heterocycles. The second kappa shape index (κ2) is 7.00. The first kappa shape index (κ1) is 15.9. The van der Waals surface area contributed by atoms with Gasteiger partial charge in [-0.05, 0) is 20.1 Å². The molecule has 0 aromatic heterocycles. The molecule has 5 nitrogen and oxygen atoms in total. The third-order valence-corrected chi connectivity index (χ3v) is 5.60. The van der Waals surface area contributed by atoms with E-state index in [1.165, 1.54) is 32.7 Å². The van der Waals surface area contributed by atoms with E-state index in [0.29, 0.717) is 6.04 Å². The molecule has 0 aromatic rings. The molecule has 0 spiro atoms. The highest BCUT2D eigenvalue weighted by Crippen LogP contribution is 2.19. The number of guanidine groups is 1. The molecule has 20 heavy (non-hydrogen) atoms. The van der Waals surface area contributed by atoms with E-state index in [1.807, 2.05) is 18.8 Å². The topological polar surface area (TPSA) is 42.9 Å². The number of thioether (sulfide) groups is 1. The number of aliphatic imine (C=N–C) groups is 1. The molecular weight excluding hydrogens is 270 g/mol. The number of nitrogens with one attached hydrogen (secondary N) is 2. The van der Waals surface area contributed by atoms with E-state index in [4.69, 9.17) is 0 Å². The highest BCUT2D eigenvalue weighted by atomic mass is 32.2. The quantitative estimate of drug-likeness (QED) is 0.564. The van der Waals surface area contributed by atoms with E-state index >= 15 is 0 Å². The zero-order valence-corrected chi connectivity index (χ0v) is 14.1. The molecule has 1 unspecified atom stereocenters. The van der Waals surface area contributed by atoms with Gasteiger partial charge in [0.05, 0.1) is 0 Å². The number of fused-ring (bicyclic) bond motifs is 3. The van der Waals surface area contributed by atoms with Gasteiger partial charge in [-0.1, -0.05) is 0 Å². The Bertz CT molecular complexity index is 336. The fourth-order valence-electron chi connectivity index (χ4n) is 2.72. The summed E-state index contributed by atoms with van der Waals surface area (Å²) < 4.78 is 0.233. The summed E-state index contributed by atoms with van der Waals surface area (Å²) in [5.74, 6) is 0.921. The molecule has 6 heteroatoms. The van der Waals surface area contributed by atoms with Crippen molar-refractivity contribution in [2.24, 2.45) is 4.99 Å². The van der Waals surface area contributed by atoms with Crippen molar-refractivity contribution in [3.8, 4) is 0 Å². The van der Waals surface area contributed by atoms with Gasteiger partial charge < -0.3 is 10.6 Å². The molecule has 3 fully saturated rings. The van der Waals surface area contributed by atoms with E-state index in [0.717, 1.165) is 19.0 Å². The van der Waals surface area contributed by atoms with Crippen molar-refractivity contribution in [2.75, 3.05) is 59.1 Å². The lowest BCUT2D eigenvalue weighted by molar-refractivity contribution is 0.0154. The van der Waals surface area contributed by atoms with E-state index in [9.17, 15) is 0 Å². The van der Waals surface area contributed by atoms with Crippen molar-refractivity contribution < 1.29 is 0 Å². The summed E-state index contributed by atoms with van der Waals surface area (Å²) in [4.78, 5) is 9.50. The lowest BCUT2D eigenvalue weighted by Gasteiger charge is -2.47. The van der Waals surface area contributed by atoms with Crippen molar-refractivity contribution in [2.45, 2.75) is 24.6 Å². The normalized spacial score (nSPS) is 30.4. The second-order valence-corrected chi connectivity index (χ2v) is 7.77. The van der Waals surface area contributed by atoms with Gasteiger partial charge in [-0.3, -0.25) is 14.8 Å². The van der Waals surface area contributed by atoms with Crippen molar-refractivity contribution in [1.82, 2.24) is 20.4 Å². The Kier molecular flexibility index (Phi) is 5.57. The average Bonchev–Trinajstić information content (AvgIpc) is 2.48. The molecule has 3 rings (SSSR count). The fraction of sp³-hybridized carbons (Fsp3) is 0.929. The molecule has 116 valence electrons. The largest absolute Gasteiger partial charge is 0.355 e. The van der Waals surface area contributed by atoms with E-state index in [-0.39, 0.29) is 4.75 Å². The van der Waals surface area contributed by atoms with Gasteiger partial charge >= 0.3 is 0 Å². The van der Waals surface area contributed by atoms with Crippen LogP contribution in [0, 0.1) is 0 Å². The first-order valence-electron chi connectivity index (χ1n) is 7.50. The van der Waals surface area contributed by atoms with Crippen molar-refractivity contribution >= 4 is 17.7 Å². The molecule has 3 saturated heterocycles. The van der Waals surface area contributed by atoms with Gasteiger partial charge in [-0.25, -0.2) is 0 Å². The molecule has 2 N–H and O–H groups in total. The minimum atomic E-state index is 0.233. The number of hydrogen-bond donors (Lipinski definition) is 2. The maximum absolute atomic E-state index is 4.32. The number of hydrogen-bond acceptors (Lipinski definition) is 4. The maximum Gasteiger partial charge on any atom is 0.191 e. The third kappa shape index (κ3) is 4.27. The summed E-state index contributed by atoms with van der Waals surface area (Å²) in [6, 6.07) is 0.629. The monoisotopic (exact) mass is 299 g/mol. The third-order valence-electron chi connectivity index (χ3n) is 4.36. The molecule has 0 aliphatic carbocycles. The van der Waals surface area contributed by atoms with Crippen LogP contribution in [0.5, 0.6) is 0 Å². The molecule has 0 radical (unpaired) electrons. The van der Waals surface area contributed by atoms with Crippen LogP contribution in [0.1, 0.15) is 13.8 Å². The average molecular weight is 299 g/mol. The lowest BCUT2D eigenvalue weighted by Crippen LogP contribution is -2.64. The summed E-state index contributed by atoms with van der Waals surface area (Å²) >= 11 is 1.88. The van der Waals surface area contributed by atoms with Crippen molar-refractivity contribution in [1.29, 1.82) is 0 Å². The Balaban J connectivity index is 1.74. The summed E-state index contributed by atoms with van der Waals surface area (Å²) in [5.41, 5.74) is 0. The van der Waals surface area contributed by atoms with Gasteiger partial charge in [0.15, 0.2) is 5.96 Å². The predicted octanol–water partition coefficient (Wildman–Crippen LogP) is 0.293. The van der Waals surface area contributed by atoms with Crippen LogP contribution < -0.4 is 10.6 Å². The van der Waals surface area contributed by atoms with Crippen LogP contribution in [0.4, 0.5) is 0 Å². The molecule has 1 atom stereocenters. The van der Waals surface area contributed by atoms with E-state index in [2.05, 4.69) is 45.5 Å². The Hall–Kier alpha value is -0.460. The highest BCUT2D eigenvalue weighted by Gasteiger charge is 2.31. The molecule has 3 aliphatic heterocycles. The predicted molar refractivity (Wildman–Crippen MR) is 88.8 cm³/mol. The van der Waals surface area contributed by atoms with E-state index in [1.54, 1.807) is 0 Å². The SMILES string of the molecule is CN=C(NCC1CN2CCN1CC2)NCC(C)(C)SC. The van der Waals surface area contributed by atoms with Gasteiger partial charge in [0, 0.05) is 63.6 Å². The van der Waals surface area contributed by atoms with E-state index < -0.39 is 0 Å². The molecule has 3 aliphatic rings. The minimum absolute atomic E-state index is 0.233. The lowest BCUT2D eigenvalue weighted by atomic mass is 10.1. The molecular formula is C14H29N5S. The molecule has 0 saturated carbocycles. The van der Waals surface area contributed by atoms with Crippen molar-refractivity contribution in [3.63, 3.8) is 0 Å². The van der Waals surface area contributed by atoms with Crippen LogP contribution >= 0.6 is 11.8 Å². The van der Waals surface area contributed by atoms with Crippen LogP contribution in [0.15, 0.2) is 4.99 Å². The Morgan fingerprint density at radius 3 is 2.45 bits per heavy atom. The zero-order chi connectivity index (χ0) is 14.6. The smallest absolute Gasteiger partial charge is 0.191 e. The van der Waals surface area contributed by atoms with Crippen LogP contribution in [0.2, 0.25) is 0 Å². The standard InChI is InChI=1S/C14H29N5S/c1-14(2,20-4)11-17-13(15-3)16-9-12-10-18-5-7-19(12)8-6-18/h12H,5-11H2,1-4H3,(H2,15,16,17). The Morgan fingerprint density at radius 1 is 1.25 bits per heavy atom.